The molecular weight excluding hydrogens is 124 g/mol. The van der Waals surface area contributed by atoms with Gasteiger partial charge in [-0.2, -0.15) is 0 Å². The van der Waals surface area contributed by atoms with E-state index in [-0.39, 0.29) is 0 Å². The molecule has 1 saturated heterocycles. The molecule has 58 valence electrons. The maximum absolute atomic E-state index is 5.16. The van der Waals surface area contributed by atoms with Crippen LogP contribution in [-0.2, 0) is 4.74 Å². The van der Waals surface area contributed by atoms with Gasteiger partial charge in [0.25, 0.3) is 0 Å². The van der Waals surface area contributed by atoms with E-state index < -0.39 is 0 Å². The first-order chi connectivity index (χ1) is 4.88. The molecule has 1 aliphatic heterocycles. The minimum atomic E-state index is 0.596. The standard InChI is InChI=1S/C9H16O/c1-3-8-5-6-10-7-9(8)4-2/h8-9H,3-6H2,1-2H3. The minimum Gasteiger partial charge on any atom is -0.368 e. The van der Waals surface area contributed by atoms with Crippen LogP contribution < -0.4 is 0 Å². The largest absolute Gasteiger partial charge is 0.368 e. The highest BCUT2D eigenvalue weighted by molar-refractivity contribution is 4.78. The zero-order chi connectivity index (χ0) is 7.40. The summed E-state index contributed by atoms with van der Waals surface area (Å²) in [5.41, 5.74) is 0. The molecule has 0 aromatic carbocycles. The summed E-state index contributed by atoms with van der Waals surface area (Å²) in [6.07, 6.45) is 3.68. The Balaban J connectivity index is 2.34. The molecule has 1 heterocycles. The lowest BCUT2D eigenvalue weighted by Crippen LogP contribution is -2.22. The van der Waals surface area contributed by atoms with E-state index in [0.29, 0.717) is 5.92 Å². The molecule has 0 bridgehead atoms. The fourth-order valence-electron chi connectivity index (χ4n) is 1.58. The van der Waals surface area contributed by atoms with Crippen LogP contribution in [0, 0.1) is 18.4 Å². The van der Waals surface area contributed by atoms with E-state index >= 15 is 0 Å². The second-order valence-corrected chi connectivity index (χ2v) is 2.94. The van der Waals surface area contributed by atoms with Crippen molar-refractivity contribution in [3.05, 3.63) is 6.61 Å². The molecular formula is C9H16O. The summed E-state index contributed by atoms with van der Waals surface area (Å²) in [6.45, 7) is 8.41. The second kappa shape index (κ2) is 3.97. The summed E-state index contributed by atoms with van der Waals surface area (Å²) in [6, 6.07) is 0. The SMILES string of the molecule is CCC1[C]OCCC1CC. The topological polar surface area (TPSA) is 9.23 Å². The lowest BCUT2D eigenvalue weighted by atomic mass is 9.85. The molecule has 10 heavy (non-hydrogen) atoms. The summed E-state index contributed by atoms with van der Waals surface area (Å²) in [5.74, 6) is 1.43. The Morgan fingerprint density at radius 1 is 1.40 bits per heavy atom. The minimum absolute atomic E-state index is 0.596. The van der Waals surface area contributed by atoms with Crippen LogP contribution in [0.2, 0.25) is 0 Å². The van der Waals surface area contributed by atoms with Crippen molar-refractivity contribution in [3.8, 4) is 0 Å². The summed E-state index contributed by atoms with van der Waals surface area (Å²) >= 11 is 0. The van der Waals surface area contributed by atoms with Gasteiger partial charge in [-0.1, -0.05) is 26.7 Å². The Morgan fingerprint density at radius 3 is 2.70 bits per heavy atom. The molecule has 0 N–H and O–H groups in total. The van der Waals surface area contributed by atoms with Gasteiger partial charge in [0.1, 0.15) is 6.61 Å². The van der Waals surface area contributed by atoms with E-state index in [1.807, 2.05) is 0 Å². The maximum atomic E-state index is 5.16. The van der Waals surface area contributed by atoms with Gasteiger partial charge in [-0.15, -0.1) is 0 Å². The third-order valence-electron chi connectivity index (χ3n) is 2.36. The third kappa shape index (κ3) is 1.72. The molecule has 1 nitrogen and oxygen atoms in total. The smallest absolute Gasteiger partial charge is 0.135 e. The van der Waals surface area contributed by atoms with E-state index in [9.17, 15) is 0 Å². The fourth-order valence-corrected chi connectivity index (χ4v) is 1.58. The van der Waals surface area contributed by atoms with E-state index in [1.54, 1.807) is 0 Å². The average molecular weight is 140 g/mol. The molecule has 2 unspecified atom stereocenters. The summed E-state index contributed by atoms with van der Waals surface area (Å²) in [4.78, 5) is 0. The van der Waals surface area contributed by atoms with Crippen molar-refractivity contribution in [2.24, 2.45) is 11.8 Å². The Bertz CT molecular complexity index is 78.7. The maximum Gasteiger partial charge on any atom is 0.135 e. The first kappa shape index (κ1) is 8.06. The lowest BCUT2D eigenvalue weighted by Gasteiger charge is -2.28. The van der Waals surface area contributed by atoms with Crippen LogP contribution >= 0.6 is 0 Å². The second-order valence-electron chi connectivity index (χ2n) is 2.94. The number of ether oxygens (including phenoxy) is 1. The Hall–Kier alpha value is -0.0400. The van der Waals surface area contributed by atoms with E-state index in [0.717, 1.165) is 12.5 Å². The van der Waals surface area contributed by atoms with Gasteiger partial charge in [-0.25, -0.2) is 0 Å². The summed E-state index contributed by atoms with van der Waals surface area (Å²) in [5, 5.41) is 0. The van der Waals surface area contributed by atoms with Gasteiger partial charge in [0.05, 0.1) is 0 Å². The van der Waals surface area contributed by atoms with Crippen molar-refractivity contribution in [1.82, 2.24) is 0 Å². The van der Waals surface area contributed by atoms with Gasteiger partial charge in [0.15, 0.2) is 0 Å². The highest BCUT2D eigenvalue weighted by Crippen LogP contribution is 2.29. The quantitative estimate of drug-likeness (QED) is 0.572. The zero-order valence-corrected chi connectivity index (χ0v) is 6.89. The molecule has 0 aliphatic carbocycles. The first-order valence-electron chi connectivity index (χ1n) is 4.25. The van der Waals surface area contributed by atoms with Gasteiger partial charge < -0.3 is 4.74 Å². The number of rotatable bonds is 2. The fraction of sp³-hybridized carbons (Fsp3) is 0.889. The van der Waals surface area contributed by atoms with Crippen LogP contribution in [0.15, 0.2) is 0 Å². The molecule has 0 amide bonds. The highest BCUT2D eigenvalue weighted by Gasteiger charge is 2.23. The molecule has 0 saturated carbocycles. The van der Waals surface area contributed by atoms with Crippen molar-refractivity contribution >= 4 is 0 Å². The monoisotopic (exact) mass is 140 g/mol. The molecule has 1 aliphatic rings. The molecule has 1 heteroatoms. The van der Waals surface area contributed by atoms with Crippen LogP contribution in [0.4, 0.5) is 0 Å². The van der Waals surface area contributed by atoms with Crippen molar-refractivity contribution in [2.45, 2.75) is 33.1 Å². The summed E-state index contributed by atoms with van der Waals surface area (Å²) in [7, 11) is 0. The molecule has 2 radical (unpaired) electrons. The van der Waals surface area contributed by atoms with Gasteiger partial charge in [0.2, 0.25) is 0 Å². The zero-order valence-electron chi connectivity index (χ0n) is 6.89. The van der Waals surface area contributed by atoms with Crippen LogP contribution in [0.25, 0.3) is 0 Å². The van der Waals surface area contributed by atoms with Crippen molar-refractivity contribution in [2.75, 3.05) is 6.61 Å². The average Bonchev–Trinajstić information content (AvgIpc) is 2.04. The van der Waals surface area contributed by atoms with E-state index in [4.69, 9.17) is 4.74 Å². The molecule has 0 spiro atoms. The Kier molecular flexibility index (Phi) is 3.20. The molecule has 1 fully saturated rings. The Morgan fingerprint density at radius 2 is 2.20 bits per heavy atom. The normalized spacial score (nSPS) is 34.2. The molecule has 0 aromatic rings. The van der Waals surface area contributed by atoms with Crippen molar-refractivity contribution < 1.29 is 4.74 Å². The predicted octanol–water partition coefficient (Wildman–Crippen LogP) is 2.50. The van der Waals surface area contributed by atoms with E-state index in [1.165, 1.54) is 19.3 Å². The van der Waals surface area contributed by atoms with Crippen LogP contribution in [0.1, 0.15) is 33.1 Å². The van der Waals surface area contributed by atoms with Crippen molar-refractivity contribution in [1.29, 1.82) is 0 Å². The van der Waals surface area contributed by atoms with Gasteiger partial charge in [0, 0.05) is 6.61 Å². The molecule has 1 rings (SSSR count). The van der Waals surface area contributed by atoms with Crippen LogP contribution in [0.5, 0.6) is 0 Å². The van der Waals surface area contributed by atoms with Crippen molar-refractivity contribution in [3.63, 3.8) is 0 Å². The van der Waals surface area contributed by atoms with Crippen LogP contribution in [0.3, 0.4) is 0 Å². The van der Waals surface area contributed by atoms with Gasteiger partial charge in [-0.3, -0.25) is 0 Å². The van der Waals surface area contributed by atoms with Crippen LogP contribution in [-0.4, -0.2) is 6.61 Å². The lowest BCUT2D eigenvalue weighted by molar-refractivity contribution is 0.0696. The summed E-state index contributed by atoms with van der Waals surface area (Å²) < 4.78 is 5.16. The molecule has 0 aromatic heterocycles. The third-order valence-corrected chi connectivity index (χ3v) is 2.36. The predicted molar refractivity (Wildman–Crippen MR) is 41.4 cm³/mol. The van der Waals surface area contributed by atoms with Gasteiger partial charge >= 0.3 is 0 Å². The van der Waals surface area contributed by atoms with Gasteiger partial charge in [-0.05, 0) is 18.3 Å². The highest BCUT2D eigenvalue weighted by atomic mass is 16.5. The number of hydrogen-bond acceptors (Lipinski definition) is 1. The van der Waals surface area contributed by atoms with E-state index in [2.05, 4.69) is 20.5 Å². The molecule has 2 atom stereocenters. The Labute approximate surface area is 63.8 Å². The first-order valence-corrected chi connectivity index (χ1v) is 4.25. The number of hydrogen-bond donors (Lipinski definition) is 0.